The molecule has 116 valence electrons. The van der Waals surface area contributed by atoms with Gasteiger partial charge in [-0.3, -0.25) is 0 Å². The van der Waals surface area contributed by atoms with Gasteiger partial charge in [-0.1, -0.05) is 13.8 Å². The van der Waals surface area contributed by atoms with Gasteiger partial charge in [0.1, 0.15) is 11.3 Å². The number of hydrogen-bond acceptors (Lipinski definition) is 3. The molecule has 5 heteroatoms. The number of rotatable bonds is 6. The van der Waals surface area contributed by atoms with Crippen molar-refractivity contribution in [3.05, 3.63) is 23.7 Å². The third-order valence-corrected chi connectivity index (χ3v) is 3.91. The van der Waals surface area contributed by atoms with E-state index in [1.165, 1.54) is 0 Å². The largest absolute Gasteiger partial charge is 0.308 e. The third-order valence-electron chi connectivity index (χ3n) is 3.72. The molecular weight excluding hydrogens is 284 g/mol. The van der Waals surface area contributed by atoms with Crippen LogP contribution in [0.3, 0.4) is 0 Å². The zero-order valence-corrected chi connectivity index (χ0v) is 14.4. The van der Waals surface area contributed by atoms with E-state index >= 15 is 0 Å². The summed E-state index contributed by atoms with van der Waals surface area (Å²) in [6.07, 6.45) is 0.771. The first-order valence-electron chi connectivity index (χ1n) is 7.49. The van der Waals surface area contributed by atoms with Crippen LogP contribution in [0.1, 0.15) is 31.4 Å². The van der Waals surface area contributed by atoms with Gasteiger partial charge in [0.05, 0.1) is 6.04 Å². The van der Waals surface area contributed by atoms with E-state index in [-0.39, 0.29) is 0 Å². The summed E-state index contributed by atoms with van der Waals surface area (Å²) in [5.41, 5.74) is 2.97. The standard InChI is InChI=1S/C16H25ClN4/c1-11(2)14(10-20(4)5)21-15(8-9-17)19-13-7-6-12(3)18-16(13)21/h6-7,11,14H,8-10H2,1-5H3. The fourth-order valence-corrected chi connectivity index (χ4v) is 2.86. The number of fused-ring (bicyclic) bond motifs is 1. The topological polar surface area (TPSA) is 34.0 Å². The van der Waals surface area contributed by atoms with E-state index in [1.54, 1.807) is 0 Å². The predicted octanol–water partition coefficient (Wildman–Crippen LogP) is 3.28. The minimum atomic E-state index is 0.345. The molecule has 2 rings (SSSR count). The molecule has 0 N–H and O–H groups in total. The van der Waals surface area contributed by atoms with Crippen LogP contribution in [0.15, 0.2) is 12.1 Å². The van der Waals surface area contributed by atoms with Gasteiger partial charge in [-0.15, -0.1) is 11.6 Å². The van der Waals surface area contributed by atoms with Gasteiger partial charge < -0.3 is 9.47 Å². The molecule has 0 bridgehead atoms. The van der Waals surface area contributed by atoms with Crippen LogP contribution in [-0.4, -0.2) is 46.0 Å². The first-order valence-corrected chi connectivity index (χ1v) is 8.02. The minimum absolute atomic E-state index is 0.345. The molecule has 0 aromatic carbocycles. The van der Waals surface area contributed by atoms with Crippen molar-refractivity contribution in [2.24, 2.45) is 5.92 Å². The van der Waals surface area contributed by atoms with Gasteiger partial charge in [0.2, 0.25) is 0 Å². The Hall–Kier alpha value is -1.13. The number of aromatic nitrogens is 3. The Morgan fingerprint density at radius 1 is 1.24 bits per heavy atom. The first kappa shape index (κ1) is 16.2. The van der Waals surface area contributed by atoms with Crippen LogP contribution in [0.25, 0.3) is 11.2 Å². The molecule has 0 saturated carbocycles. The molecule has 2 aromatic heterocycles. The molecule has 0 fully saturated rings. The molecular formula is C16H25ClN4. The van der Waals surface area contributed by atoms with Crippen LogP contribution >= 0.6 is 11.6 Å². The maximum absolute atomic E-state index is 5.97. The molecule has 0 spiro atoms. The highest BCUT2D eigenvalue weighted by Crippen LogP contribution is 2.26. The van der Waals surface area contributed by atoms with Crippen LogP contribution in [0.4, 0.5) is 0 Å². The minimum Gasteiger partial charge on any atom is -0.308 e. The van der Waals surface area contributed by atoms with E-state index in [0.29, 0.717) is 17.8 Å². The van der Waals surface area contributed by atoms with Gasteiger partial charge >= 0.3 is 0 Å². The van der Waals surface area contributed by atoms with Crippen molar-refractivity contribution in [3.63, 3.8) is 0 Å². The van der Waals surface area contributed by atoms with Crippen molar-refractivity contribution >= 4 is 22.8 Å². The molecule has 0 aliphatic heterocycles. The van der Waals surface area contributed by atoms with Gasteiger partial charge in [-0.25, -0.2) is 9.97 Å². The van der Waals surface area contributed by atoms with E-state index < -0.39 is 0 Å². The Balaban J connectivity index is 2.61. The van der Waals surface area contributed by atoms with Crippen LogP contribution in [0.5, 0.6) is 0 Å². The average molecular weight is 309 g/mol. The zero-order valence-electron chi connectivity index (χ0n) is 13.6. The molecule has 1 unspecified atom stereocenters. The molecule has 0 aliphatic carbocycles. The summed E-state index contributed by atoms with van der Waals surface area (Å²) in [5.74, 6) is 2.12. The van der Waals surface area contributed by atoms with E-state index in [0.717, 1.165) is 35.6 Å². The van der Waals surface area contributed by atoms with Crippen molar-refractivity contribution in [3.8, 4) is 0 Å². The average Bonchev–Trinajstić information content (AvgIpc) is 2.73. The van der Waals surface area contributed by atoms with Gasteiger partial charge in [0.25, 0.3) is 0 Å². The molecule has 0 saturated heterocycles. The van der Waals surface area contributed by atoms with Crippen molar-refractivity contribution in [2.45, 2.75) is 33.2 Å². The highest BCUT2D eigenvalue weighted by Gasteiger charge is 2.23. The van der Waals surface area contributed by atoms with Gasteiger partial charge in [-0.2, -0.15) is 0 Å². The normalized spacial score (nSPS) is 13.5. The Bertz CT molecular complexity index is 604. The Morgan fingerprint density at radius 2 is 1.95 bits per heavy atom. The number of likely N-dealkylation sites (N-methyl/N-ethyl adjacent to an activating group) is 1. The molecule has 0 radical (unpaired) electrons. The number of imidazole rings is 1. The van der Waals surface area contributed by atoms with E-state index in [1.807, 2.05) is 13.0 Å². The molecule has 2 aromatic rings. The number of alkyl halides is 1. The second-order valence-electron chi connectivity index (χ2n) is 6.21. The number of nitrogens with zero attached hydrogens (tertiary/aromatic N) is 4. The molecule has 21 heavy (non-hydrogen) atoms. The number of halogens is 1. The first-order chi connectivity index (χ1) is 9.93. The Labute approximate surface area is 132 Å². The van der Waals surface area contributed by atoms with Crippen molar-refractivity contribution in [2.75, 3.05) is 26.5 Å². The maximum Gasteiger partial charge on any atom is 0.160 e. The zero-order chi connectivity index (χ0) is 15.6. The van der Waals surface area contributed by atoms with E-state index in [4.69, 9.17) is 21.6 Å². The van der Waals surface area contributed by atoms with Crippen LogP contribution < -0.4 is 0 Å². The summed E-state index contributed by atoms with van der Waals surface area (Å²) in [5, 5.41) is 0. The summed E-state index contributed by atoms with van der Waals surface area (Å²) in [4.78, 5) is 11.7. The summed E-state index contributed by atoms with van der Waals surface area (Å²) < 4.78 is 2.30. The SMILES string of the molecule is Cc1ccc2nc(CCCl)n(C(CN(C)C)C(C)C)c2n1. The van der Waals surface area contributed by atoms with Crippen LogP contribution in [0.2, 0.25) is 0 Å². The van der Waals surface area contributed by atoms with Gasteiger partial charge in [0.15, 0.2) is 5.65 Å². The summed E-state index contributed by atoms with van der Waals surface area (Å²) in [6, 6.07) is 4.41. The summed E-state index contributed by atoms with van der Waals surface area (Å²) in [6.45, 7) is 7.49. The summed E-state index contributed by atoms with van der Waals surface area (Å²) in [7, 11) is 4.21. The van der Waals surface area contributed by atoms with Crippen molar-refractivity contribution < 1.29 is 0 Å². The highest BCUT2D eigenvalue weighted by molar-refractivity contribution is 6.17. The number of hydrogen-bond donors (Lipinski definition) is 0. The smallest absolute Gasteiger partial charge is 0.160 e. The van der Waals surface area contributed by atoms with Crippen molar-refractivity contribution in [1.29, 1.82) is 0 Å². The molecule has 0 aliphatic rings. The predicted molar refractivity (Wildman–Crippen MR) is 89.1 cm³/mol. The van der Waals surface area contributed by atoms with E-state index in [2.05, 4.69) is 43.5 Å². The van der Waals surface area contributed by atoms with Gasteiger partial charge in [0, 0.05) is 24.5 Å². The highest BCUT2D eigenvalue weighted by atomic mass is 35.5. The number of aryl methyl sites for hydroxylation is 2. The molecule has 0 amide bonds. The molecule has 2 heterocycles. The fraction of sp³-hybridized carbons (Fsp3) is 0.625. The van der Waals surface area contributed by atoms with E-state index in [9.17, 15) is 0 Å². The Morgan fingerprint density at radius 3 is 2.52 bits per heavy atom. The molecule has 4 nitrogen and oxygen atoms in total. The fourth-order valence-electron chi connectivity index (χ4n) is 2.69. The monoisotopic (exact) mass is 308 g/mol. The molecule has 1 atom stereocenters. The number of pyridine rings is 1. The second-order valence-corrected chi connectivity index (χ2v) is 6.58. The van der Waals surface area contributed by atoms with Gasteiger partial charge in [-0.05, 0) is 39.1 Å². The lowest BCUT2D eigenvalue weighted by atomic mass is 10.0. The lowest BCUT2D eigenvalue weighted by Gasteiger charge is -2.27. The third kappa shape index (κ3) is 3.55. The second kappa shape index (κ2) is 6.75. The quantitative estimate of drug-likeness (QED) is 0.768. The maximum atomic E-state index is 5.97. The van der Waals surface area contributed by atoms with Crippen molar-refractivity contribution in [1.82, 2.24) is 19.4 Å². The Kier molecular flexibility index (Phi) is 5.22. The van der Waals surface area contributed by atoms with Crippen LogP contribution in [-0.2, 0) is 6.42 Å². The van der Waals surface area contributed by atoms with Crippen LogP contribution in [0, 0.1) is 12.8 Å². The lowest BCUT2D eigenvalue weighted by molar-refractivity contribution is 0.269. The summed E-state index contributed by atoms with van der Waals surface area (Å²) >= 11 is 5.97. The lowest BCUT2D eigenvalue weighted by Crippen LogP contribution is -2.29.